The number of ether oxygens (including phenoxy) is 1. The Morgan fingerprint density at radius 2 is 2.29 bits per heavy atom. The van der Waals surface area contributed by atoms with Crippen LogP contribution in [0.5, 0.6) is 0 Å². The van der Waals surface area contributed by atoms with Gasteiger partial charge in [-0.2, -0.15) is 0 Å². The smallest absolute Gasteiger partial charge is 0.328 e. The van der Waals surface area contributed by atoms with Crippen molar-refractivity contribution in [3.63, 3.8) is 0 Å². The van der Waals surface area contributed by atoms with Gasteiger partial charge in [-0.15, -0.1) is 0 Å². The van der Waals surface area contributed by atoms with Crippen molar-refractivity contribution in [1.82, 2.24) is 4.90 Å². The Bertz CT molecular complexity index is 264. The molecule has 1 heterocycles. The van der Waals surface area contributed by atoms with Gasteiger partial charge in [0.15, 0.2) is 0 Å². The number of likely N-dealkylation sites (tertiary alicyclic amines) is 1. The average Bonchev–Trinajstić information content (AvgIpc) is 2.58. The van der Waals surface area contributed by atoms with E-state index in [0.717, 1.165) is 6.08 Å². The predicted molar refractivity (Wildman–Crippen MR) is 48.3 cm³/mol. The number of hydrogen-bond acceptors (Lipinski definition) is 4. The highest BCUT2D eigenvalue weighted by Crippen LogP contribution is 2.19. The summed E-state index contributed by atoms with van der Waals surface area (Å²) in [5.41, 5.74) is 0. The molecule has 1 aliphatic rings. The van der Waals surface area contributed by atoms with Gasteiger partial charge in [0.1, 0.15) is 6.04 Å². The lowest BCUT2D eigenvalue weighted by atomic mass is 10.2. The van der Waals surface area contributed by atoms with Crippen molar-refractivity contribution >= 4 is 11.9 Å². The number of esters is 1. The van der Waals surface area contributed by atoms with E-state index in [-0.39, 0.29) is 18.9 Å². The Kier molecular flexibility index (Phi) is 3.24. The summed E-state index contributed by atoms with van der Waals surface area (Å²) in [5.74, 6) is -0.867. The van der Waals surface area contributed by atoms with Crippen molar-refractivity contribution in [3.8, 4) is 0 Å². The molecule has 1 saturated heterocycles. The molecule has 14 heavy (non-hydrogen) atoms. The second-order valence-electron chi connectivity index (χ2n) is 3.12. The van der Waals surface area contributed by atoms with E-state index >= 15 is 0 Å². The Morgan fingerprint density at radius 1 is 1.64 bits per heavy atom. The number of aliphatic hydroxyl groups excluding tert-OH is 1. The first-order chi connectivity index (χ1) is 6.60. The van der Waals surface area contributed by atoms with Crippen LogP contribution in [-0.4, -0.2) is 47.7 Å². The van der Waals surface area contributed by atoms with Gasteiger partial charge in [-0.3, -0.25) is 4.79 Å². The van der Waals surface area contributed by atoms with Crippen molar-refractivity contribution in [1.29, 1.82) is 0 Å². The molecule has 0 radical (unpaired) electrons. The van der Waals surface area contributed by atoms with Gasteiger partial charge in [-0.1, -0.05) is 6.58 Å². The van der Waals surface area contributed by atoms with Crippen LogP contribution in [-0.2, 0) is 14.3 Å². The summed E-state index contributed by atoms with van der Waals surface area (Å²) in [7, 11) is 1.25. The maximum atomic E-state index is 11.3. The van der Waals surface area contributed by atoms with Crippen LogP contribution in [0.4, 0.5) is 0 Å². The van der Waals surface area contributed by atoms with Gasteiger partial charge >= 0.3 is 5.97 Å². The van der Waals surface area contributed by atoms with Gasteiger partial charge in [0, 0.05) is 13.0 Å². The third kappa shape index (κ3) is 1.93. The van der Waals surface area contributed by atoms with Crippen molar-refractivity contribution in [3.05, 3.63) is 12.7 Å². The first kappa shape index (κ1) is 10.7. The lowest BCUT2D eigenvalue weighted by molar-refractivity contribution is -0.149. The summed E-state index contributed by atoms with van der Waals surface area (Å²) < 4.78 is 4.53. The van der Waals surface area contributed by atoms with Crippen LogP contribution in [0.2, 0.25) is 0 Å². The second-order valence-corrected chi connectivity index (χ2v) is 3.12. The molecule has 0 saturated carbocycles. The molecule has 2 unspecified atom stereocenters. The Labute approximate surface area is 82.0 Å². The van der Waals surface area contributed by atoms with Crippen LogP contribution in [0.1, 0.15) is 6.42 Å². The van der Waals surface area contributed by atoms with Crippen molar-refractivity contribution in [2.45, 2.75) is 18.6 Å². The van der Waals surface area contributed by atoms with E-state index < -0.39 is 18.1 Å². The summed E-state index contributed by atoms with van der Waals surface area (Å²) in [4.78, 5) is 23.8. The molecule has 0 spiro atoms. The van der Waals surface area contributed by atoms with Gasteiger partial charge in [-0.25, -0.2) is 4.79 Å². The highest BCUT2D eigenvalue weighted by molar-refractivity contribution is 5.91. The summed E-state index contributed by atoms with van der Waals surface area (Å²) in [5, 5.41) is 9.32. The number of carbonyl (C=O) groups is 2. The van der Waals surface area contributed by atoms with Crippen molar-refractivity contribution in [2.24, 2.45) is 0 Å². The molecular formula is C9H13NO4. The Morgan fingerprint density at radius 3 is 2.79 bits per heavy atom. The fraction of sp³-hybridized carbons (Fsp3) is 0.556. The molecule has 0 aromatic heterocycles. The molecule has 2 atom stereocenters. The molecule has 0 aromatic rings. The number of rotatable bonds is 2. The number of nitrogens with zero attached hydrogens (tertiary/aromatic N) is 1. The van der Waals surface area contributed by atoms with Gasteiger partial charge in [0.05, 0.1) is 13.2 Å². The van der Waals surface area contributed by atoms with Crippen LogP contribution in [0.25, 0.3) is 0 Å². The highest BCUT2D eigenvalue weighted by Gasteiger charge is 2.38. The van der Waals surface area contributed by atoms with Gasteiger partial charge < -0.3 is 14.7 Å². The van der Waals surface area contributed by atoms with E-state index in [1.54, 1.807) is 0 Å². The molecule has 1 aliphatic heterocycles. The summed E-state index contributed by atoms with van der Waals surface area (Å²) in [6, 6.07) is -0.680. The van der Waals surface area contributed by atoms with E-state index in [1.165, 1.54) is 12.0 Å². The monoisotopic (exact) mass is 199 g/mol. The van der Waals surface area contributed by atoms with E-state index in [1.807, 2.05) is 0 Å². The van der Waals surface area contributed by atoms with E-state index in [9.17, 15) is 14.7 Å². The molecular weight excluding hydrogens is 186 g/mol. The third-order valence-electron chi connectivity index (χ3n) is 2.21. The maximum Gasteiger partial charge on any atom is 0.328 e. The number of hydrogen-bond donors (Lipinski definition) is 1. The molecule has 0 aromatic carbocycles. The molecule has 5 heteroatoms. The molecule has 1 amide bonds. The van der Waals surface area contributed by atoms with Gasteiger partial charge in [0.2, 0.25) is 5.91 Å². The zero-order valence-corrected chi connectivity index (χ0v) is 7.97. The maximum absolute atomic E-state index is 11.3. The molecule has 1 N–H and O–H groups in total. The summed E-state index contributed by atoms with van der Waals surface area (Å²) in [6.07, 6.45) is 0.684. The molecule has 78 valence electrons. The standard InChI is InChI=1S/C9H13NO4/c1-3-8(12)10-5-6(11)4-7(10)9(13)14-2/h3,6-7,11H,1,4-5H2,2H3. The van der Waals surface area contributed by atoms with Crippen LogP contribution in [0, 0.1) is 0 Å². The largest absolute Gasteiger partial charge is 0.467 e. The highest BCUT2D eigenvalue weighted by atomic mass is 16.5. The summed E-state index contributed by atoms with van der Waals surface area (Å²) in [6.45, 7) is 3.48. The van der Waals surface area contributed by atoms with E-state index in [2.05, 4.69) is 11.3 Å². The normalized spacial score (nSPS) is 26.0. The summed E-state index contributed by atoms with van der Waals surface area (Å²) >= 11 is 0. The van der Waals surface area contributed by atoms with Crippen molar-refractivity contribution < 1.29 is 19.4 Å². The number of carbonyl (C=O) groups excluding carboxylic acids is 2. The minimum absolute atomic E-state index is 0.157. The van der Waals surface area contributed by atoms with E-state index in [0.29, 0.717) is 0 Å². The number of aliphatic hydroxyl groups is 1. The minimum atomic E-state index is -0.680. The molecule has 1 fully saturated rings. The van der Waals surface area contributed by atoms with Crippen LogP contribution in [0.15, 0.2) is 12.7 Å². The third-order valence-corrected chi connectivity index (χ3v) is 2.21. The van der Waals surface area contributed by atoms with Crippen LogP contribution >= 0.6 is 0 Å². The average molecular weight is 199 g/mol. The Balaban J connectivity index is 2.77. The second kappa shape index (κ2) is 4.23. The zero-order chi connectivity index (χ0) is 10.7. The predicted octanol–water partition coefficient (Wildman–Crippen LogP) is -0.693. The molecule has 5 nitrogen and oxygen atoms in total. The number of amides is 1. The number of methoxy groups -OCH3 is 1. The SMILES string of the molecule is C=CC(=O)N1CC(O)CC1C(=O)OC. The zero-order valence-electron chi connectivity index (χ0n) is 7.97. The van der Waals surface area contributed by atoms with Crippen molar-refractivity contribution in [2.75, 3.05) is 13.7 Å². The molecule has 0 aliphatic carbocycles. The van der Waals surface area contributed by atoms with Gasteiger partial charge in [0.25, 0.3) is 0 Å². The fourth-order valence-electron chi connectivity index (χ4n) is 1.53. The lowest BCUT2D eigenvalue weighted by Crippen LogP contribution is -2.40. The Hall–Kier alpha value is -1.36. The first-order valence-electron chi connectivity index (χ1n) is 4.29. The quantitative estimate of drug-likeness (QED) is 0.472. The van der Waals surface area contributed by atoms with Crippen LogP contribution in [0.3, 0.4) is 0 Å². The van der Waals surface area contributed by atoms with E-state index in [4.69, 9.17) is 0 Å². The molecule has 0 bridgehead atoms. The van der Waals surface area contributed by atoms with Crippen LogP contribution < -0.4 is 0 Å². The number of β-amino-alcohol motifs (C(OH)–C–C–N with tert-alkyl or cyclic N) is 1. The molecule has 1 rings (SSSR count). The first-order valence-corrected chi connectivity index (χ1v) is 4.29. The fourth-order valence-corrected chi connectivity index (χ4v) is 1.53. The minimum Gasteiger partial charge on any atom is -0.467 e. The topological polar surface area (TPSA) is 66.8 Å². The lowest BCUT2D eigenvalue weighted by Gasteiger charge is -2.20. The van der Waals surface area contributed by atoms with Gasteiger partial charge in [-0.05, 0) is 6.08 Å².